The van der Waals surface area contributed by atoms with Crippen molar-refractivity contribution in [3.63, 3.8) is 0 Å². The van der Waals surface area contributed by atoms with Crippen LogP contribution in [-0.2, 0) is 6.54 Å². The maximum Gasteiger partial charge on any atom is 0.192 e. The van der Waals surface area contributed by atoms with E-state index in [4.69, 9.17) is 10.2 Å². The molecule has 0 radical (unpaired) electrons. The third-order valence-electron chi connectivity index (χ3n) is 3.31. The molecule has 2 aromatic rings. The van der Waals surface area contributed by atoms with Crippen molar-refractivity contribution in [3.05, 3.63) is 29.7 Å². The molecule has 3 N–H and O–H groups in total. The van der Waals surface area contributed by atoms with Crippen molar-refractivity contribution in [2.24, 2.45) is 11.1 Å². The molecule has 0 atom stereocenters. The van der Waals surface area contributed by atoms with Crippen LogP contribution >= 0.6 is 0 Å². The molecule has 19 heavy (non-hydrogen) atoms. The number of oxazole rings is 1. The van der Waals surface area contributed by atoms with Gasteiger partial charge in [0.15, 0.2) is 11.5 Å². The molecule has 0 saturated carbocycles. The number of nitrogens with one attached hydrogen (secondary N) is 1. The fourth-order valence-electron chi connectivity index (χ4n) is 2.22. The third-order valence-corrected chi connectivity index (χ3v) is 3.31. The third kappa shape index (κ3) is 3.78. The van der Waals surface area contributed by atoms with Crippen LogP contribution in [0.1, 0.15) is 31.7 Å². The fraction of sp³-hybridized carbons (Fsp3) is 0.533. The summed E-state index contributed by atoms with van der Waals surface area (Å²) in [6.07, 6.45) is 1.03. The SMILES string of the molecule is Cc1nc2cc(CNCC(C)(C)CCN)ccc2o1. The first kappa shape index (κ1) is 14.0. The lowest BCUT2D eigenvalue weighted by Crippen LogP contribution is -2.30. The van der Waals surface area contributed by atoms with E-state index in [1.807, 2.05) is 13.0 Å². The van der Waals surface area contributed by atoms with Gasteiger partial charge in [-0.25, -0.2) is 4.98 Å². The van der Waals surface area contributed by atoms with Crippen molar-refractivity contribution in [3.8, 4) is 0 Å². The number of fused-ring (bicyclic) bond motifs is 1. The van der Waals surface area contributed by atoms with Gasteiger partial charge in [-0.2, -0.15) is 0 Å². The molecule has 1 heterocycles. The Labute approximate surface area is 114 Å². The van der Waals surface area contributed by atoms with Crippen LogP contribution in [0.15, 0.2) is 22.6 Å². The molecule has 4 heteroatoms. The van der Waals surface area contributed by atoms with Gasteiger partial charge < -0.3 is 15.5 Å². The zero-order valence-corrected chi connectivity index (χ0v) is 12.0. The zero-order valence-electron chi connectivity index (χ0n) is 12.0. The van der Waals surface area contributed by atoms with Gasteiger partial charge in [-0.3, -0.25) is 0 Å². The molecule has 0 fully saturated rings. The Morgan fingerprint density at radius 1 is 1.37 bits per heavy atom. The predicted molar refractivity (Wildman–Crippen MR) is 77.9 cm³/mol. The summed E-state index contributed by atoms with van der Waals surface area (Å²) in [6.45, 7) is 8.87. The number of aryl methyl sites for hydroxylation is 1. The van der Waals surface area contributed by atoms with E-state index in [0.717, 1.165) is 37.2 Å². The summed E-state index contributed by atoms with van der Waals surface area (Å²) in [5.41, 5.74) is 8.86. The quantitative estimate of drug-likeness (QED) is 0.839. The summed E-state index contributed by atoms with van der Waals surface area (Å²) < 4.78 is 5.47. The number of benzene rings is 1. The monoisotopic (exact) mass is 261 g/mol. The fourth-order valence-corrected chi connectivity index (χ4v) is 2.22. The molecule has 1 aromatic heterocycles. The number of hydrogen-bond donors (Lipinski definition) is 2. The molecule has 0 unspecified atom stereocenters. The molecule has 0 aliphatic rings. The predicted octanol–water partition coefficient (Wildman–Crippen LogP) is 2.60. The van der Waals surface area contributed by atoms with Gasteiger partial charge >= 0.3 is 0 Å². The Morgan fingerprint density at radius 3 is 2.89 bits per heavy atom. The van der Waals surface area contributed by atoms with Gasteiger partial charge in [-0.15, -0.1) is 0 Å². The van der Waals surface area contributed by atoms with E-state index >= 15 is 0 Å². The number of nitrogens with two attached hydrogens (primary N) is 1. The van der Waals surface area contributed by atoms with Crippen LogP contribution in [0.25, 0.3) is 11.1 Å². The second-order valence-corrected chi connectivity index (χ2v) is 5.84. The highest BCUT2D eigenvalue weighted by Crippen LogP contribution is 2.19. The van der Waals surface area contributed by atoms with Crippen LogP contribution in [0.2, 0.25) is 0 Å². The Morgan fingerprint density at radius 2 is 2.16 bits per heavy atom. The van der Waals surface area contributed by atoms with Crippen LogP contribution < -0.4 is 11.1 Å². The van der Waals surface area contributed by atoms with Gasteiger partial charge in [0.05, 0.1) is 0 Å². The molecule has 4 nitrogen and oxygen atoms in total. The number of hydrogen-bond acceptors (Lipinski definition) is 4. The maximum absolute atomic E-state index is 5.62. The number of aromatic nitrogens is 1. The summed E-state index contributed by atoms with van der Waals surface area (Å²) in [5.74, 6) is 0.712. The van der Waals surface area contributed by atoms with Gasteiger partial charge in [-0.1, -0.05) is 19.9 Å². The standard InChI is InChI=1S/C15H23N3O/c1-11-18-13-8-12(4-5-14(13)19-11)9-17-10-15(2,3)6-7-16/h4-5,8,17H,6-7,9-10,16H2,1-3H3. The lowest BCUT2D eigenvalue weighted by Gasteiger charge is -2.24. The molecule has 0 bridgehead atoms. The molecule has 0 aliphatic carbocycles. The highest BCUT2D eigenvalue weighted by Gasteiger charge is 2.15. The van der Waals surface area contributed by atoms with E-state index in [1.165, 1.54) is 5.56 Å². The highest BCUT2D eigenvalue weighted by molar-refractivity contribution is 5.73. The maximum atomic E-state index is 5.62. The molecular formula is C15H23N3O. The molecule has 0 spiro atoms. The second-order valence-electron chi connectivity index (χ2n) is 5.84. The molecule has 2 rings (SSSR count). The van der Waals surface area contributed by atoms with Gasteiger partial charge in [-0.05, 0) is 36.1 Å². The molecule has 0 saturated heterocycles. The van der Waals surface area contributed by atoms with Crippen LogP contribution in [0.5, 0.6) is 0 Å². The minimum atomic E-state index is 0.239. The van der Waals surface area contributed by atoms with Crippen molar-refractivity contribution in [1.82, 2.24) is 10.3 Å². The van der Waals surface area contributed by atoms with E-state index < -0.39 is 0 Å². The lowest BCUT2D eigenvalue weighted by atomic mass is 9.89. The van der Waals surface area contributed by atoms with E-state index in [-0.39, 0.29) is 5.41 Å². The van der Waals surface area contributed by atoms with Crippen molar-refractivity contribution in [1.29, 1.82) is 0 Å². The Kier molecular flexibility index (Phi) is 4.22. The summed E-state index contributed by atoms with van der Waals surface area (Å²) in [4.78, 5) is 4.35. The van der Waals surface area contributed by atoms with Gasteiger partial charge in [0.25, 0.3) is 0 Å². The molecule has 1 aromatic carbocycles. The first-order chi connectivity index (χ1) is 9.00. The van der Waals surface area contributed by atoms with Gasteiger partial charge in [0, 0.05) is 20.0 Å². The summed E-state index contributed by atoms with van der Waals surface area (Å²) >= 11 is 0. The average Bonchev–Trinajstić information content (AvgIpc) is 2.68. The Hall–Kier alpha value is -1.39. The smallest absolute Gasteiger partial charge is 0.192 e. The van der Waals surface area contributed by atoms with Gasteiger partial charge in [0.2, 0.25) is 0 Å². The van der Waals surface area contributed by atoms with Crippen molar-refractivity contribution >= 4 is 11.1 Å². The Balaban J connectivity index is 1.94. The van der Waals surface area contributed by atoms with Gasteiger partial charge in [0.1, 0.15) is 5.52 Å². The molecule has 104 valence electrons. The van der Waals surface area contributed by atoms with Crippen LogP contribution in [-0.4, -0.2) is 18.1 Å². The van der Waals surface area contributed by atoms with E-state index in [2.05, 4.69) is 36.3 Å². The largest absolute Gasteiger partial charge is 0.441 e. The molecular weight excluding hydrogens is 238 g/mol. The molecule has 0 aliphatic heterocycles. The minimum Gasteiger partial charge on any atom is -0.441 e. The Bertz CT molecular complexity index is 545. The van der Waals surface area contributed by atoms with Crippen LogP contribution in [0.3, 0.4) is 0 Å². The lowest BCUT2D eigenvalue weighted by molar-refractivity contribution is 0.319. The van der Waals surface area contributed by atoms with Crippen molar-refractivity contribution in [2.75, 3.05) is 13.1 Å². The second kappa shape index (κ2) is 5.72. The first-order valence-electron chi connectivity index (χ1n) is 6.77. The molecule has 0 amide bonds. The van der Waals surface area contributed by atoms with Crippen molar-refractivity contribution < 1.29 is 4.42 Å². The topological polar surface area (TPSA) is 64.1 Å². The van der Waals surface area contributed by atoms with Crippen LogP contribution in [0.4, 0.5) is 0 Å². The summed E-state index contributed by atoms with van der Waals surface area (Å²) in [5, 5.41) is 3.48. The average molecular weight is 261 g/mol. The normalized spacial score (nSPS) is 12.2. The summed E-state index contributed by atoms with van der Waals surface area (Å²) in [6, 6.07) is 6.14. The number of rotatable bonds is 6. The highest BCUT2D eigenvalue weighted by atomic mass is 16.3. The first-order valence-corrected chi connectivity index (χ1v) is 6.77. The van der Waals surface area contributed by atoms with E-state index in [0.29, 0.717) is 5.89 Å². The minimum absolute atomic E-state index is 0.239. The van der Waals surface area contributed by atoms with Crippen molar-refractivity contribution in [2.45, 2.75) is 33.7 Å². The van der Waals surface area contributed by atoms with Crippen LogP contribution in [0, 0.1) is 12.3 Å². The van der Waals surface area contributed by atoms with E-state index in [1.54, 1.807) is 0 Å². The number of nitrogens with zero attached hydrogens (tertiary/aromatic N) is 1. The van der Waals surface area contributed by atoms with E-state index in [9.17, 15) is 0 Å². The zero-order chi connectivity index (χ0) is 13.9. The summed E-state index contributed by atoms with van der Waals surface area (Å²) in [7, 11) is 0.